The molecule has 2 rings (SSSR count). The monoisotopic (exact) mass is 286 g/mol. The molecule has 0 N–H and O–H groups in total. The summed E-state index contributed by atoms with van der Waals surface area (Å²) < 4.78 is 18.8. The van der Waals surface area contributed by atoms with E-state index in [1.165, 1.54) is 12.1 Å². The number of carbonyl (C=O) groups is 1. The molecule has 2 aromatic rings. The molecule has 0 aliphatic rings. The van der Waals surface area contributed by atoms with Crippen molar-refractivity contribution >= 4 is 6.29 Å². The Morgan fingerprint density at radius 3 is 2.43 bits per heavy atom. The number of aldehydes is 1. The third kappa shape index (κ3) is 3.48. The van der Waals surface area contributed by atoms with Crippen molar-refractivity contribution in [2.24, 2.45) is 0 Å². The smallest absolute Gasteiger partial charge is 0.150 e. The first-order valence-corrected chi connectivity index (χ1v) is 7.20. The van der Waals surface area contributed by atoms with E-state index in [2.05, 4.69) is 6.92 Å². The number of carbonyl (C=O) groups excluding carboxylic acids is 1. The van der Waals surface area contributed by atoms with Crippen LogP contribution in [0.3, 0.4) is 0 Å². The maximum Gasteiger partial charge on any atom is 0.150 e. The molecule has 21 heavy (non-hydrogen) atoms. The third-order valence-electron chi connectivity index (χ3n) is 3.29. The first-order chi connectivity index (χ1) is 10.2. The SMILES string of the molecule is CCCc1cc(C=O)cc(OCC)c1-c1ccc(F)cc1. The van der Waals surface area contributed by atoms with Gasteiger partial charge in [0, 0.05) is 11.1 Å². The average molecular weight is 286 g/mol. The van der Waals surface area contributed by atoms with Gasteiger partial charge in [0.2, 0.25) is 0 Å². The zero-order valence-electron chi connectivity index (χ0n) is 12.4. The van der Waals surface area contributed by atoms with E-state index in [1.807, 2.05) is 13.0 Å². The largest absolute Gasteiger partial charge is 0.493 e. The summed E-state index contributed by atoms with van der Waals surface area (Å²) in [4.78, 5) is 11.1. The van der Waals surface area contributed by atoms with Crippen molar-refractivity contribution in [2.75, 3.05) is 6.61 Å². The van der Waals surface area contributed by atoms with Gasteiger partial charge in [0.1, 0.15) is 17.9 Å². The van der Waals surface area contributed by atoms with Crippen LogP contribution in [0.4, 0.5) is 4.39 Å². The van der Waals surface area contributed by atoms with E-state index in [9.17, 15) is 9.18 Å². The summed E-state index contributed by atoms with van der Waals surface area (Å²) >= 11 is 0. The molecule has 0 spiro atoms. The number of hydrogen-bond acceptors (Lipinski definition) is 2. The second-order valence-corrected chi connectivity index (χ2v) is 4.86. The maximum atomic E-state index is 13.1. The Labute approximate surface area is 124 Å². The minimum Gasteiger partial charge on any atom is -0.493 e. The molecule has 0 bridgehead atoms. The van der Waals surface area contributed by atoms with Gasteiger partial charge >= 0.3 is 0 Å². The normalized spacial score (nSPS) is 10.4. The Bertz CT molecular complexity index is 591. The lowest BCUT2D eigenvalue weighted by Crippen LogP contribution is -2.00. The Morgan fingerprint density at radius 1 is 1.14 bits per heavy atom. The molecular formula is C18H19FO2. The van der Waals surface area contributed by atoms with Gasteiger partial charge in [-0.3, -0.25) is 4.79 Å². The second-order valence-electron chi connectivity index (χ2n) is 4.86. The van der Waals surface area contributed by atoms with Crippen LogP contribution in [0.25, 0.3) is 11.1 Å². The predicted octanol–water partition coefficient (Wildman–Crippen LogP) is 4.66. The van der Waals surface area contributed by atoms with Crippen LogP contribution in [0.5, 0.6) is 5.75 Å². The molecule has 0 fully saturated rings. The van der Waals surface area contributed by atoms with Crippen LogP contribution >= 0.6 is 0 Å². The fourth-order valence-electron chi connectivity index (χ4n) is 2.44. The van der Waals surface area contributed by atoms with E-state index < -0.39 is 0 Å². The minimum atomic E-state index is -0.265. The van der Waals surface area contributed by atoms with Gasteiger partial charge < -0.3 is 4.74 Å². The van der Waals surface area contributed by atoms with E-state index in [-0.39, 0.29) is 5.82 Å². The molecule has 2 nitrogen and oxygen atoms in total. The summed E-state index contributed by atoms with van der Waals surface area (Å²) in [6.45, 7) is 4.51. The highest BCUT2D eigenvalue weighted by Crippen LogP contribution is 2.35. The molecule has 2 aromatic carbocycles. The molecule has 0 atom stereocenters. The van der Waals surface area contributed by atoms with Crippen molar-refractivity contribution < 1.29 is 13.9 Å². The number of halogens is 1. The van der Waals surface area contributed by atoms with E-state index in [1.54, 1.807) is 18.2 Å². The van der Waals surface area contributed by atoms with Crippen LogP contribution < -0.4 is 4.74 Å². The van der Waals surface area contributed by atoms with Crippen molar-refractivity contribution in [1.29, 1.82) is 0 Å². The lowest BCUT2D eigenvalue weighted by atomic mass is 9.94. The van der Waals surface area contributed by atoms with Crippen LogP contribution in [0.2, 0.25) is 0 Å². The van der Waals surface area contributed by atoms with Crippen molar-refractivity contribution in [2.45, 2.75) is 26.7 Å². The van der Waals surface area contributed by atoms with Gasteiger partial charge in [-0.05, 0) is 48.7 Å². The molecule has 0 aliphatic heterocycles. The molecular weight excluding hydrogens is 267 g/mol. The molecule has 110 valence electrons. The summed E-state index contributed by atoms with van der Waals surface area (Å²) in [7, 11) is 0. The molecule has 0 unspecified atom stereocenters. The van der Waals surface area contributed by atoms with Gasteiger partial charge in [0.25, 0.3) is 0 Å². The molecule has 0 heterocycles. The fourth-order valence-corrected chi connectivity index (χ4v) is 2.44. The Balaban J connectivity index is 2.63. The minimum absolute atomic E-state index is 0.265. The van der Waals surface area contributed by atoms with E-state index in [0.717, 1.165) is 35.8 Å². The molecule has 0 radical (unpaired) electrons. The van der Waals surface area contributed by atoms with Gasteiger partial charge in [0.05, 0.1) is 6.61 Å². The van der Waals surface area contributed by atoms with Crippen LogP contribution in [-0.2, 0) is 6.42 Å². The number of rotatable bonds is 6. The summed E-state index contributed by atoms with van der Waals surface area (Å²) in [6.07, 6.45) is 2.63. The van der Waals surface area contributed by atoms with E-state index in [0.29, 0.717) is 17.9 Å². The zero-order chi connectivity index (χ0) is 15.2. The zero-order valence-corrected chi connectivity index (χ0v) is 12.4. The topological polar surface area (TPSA) is 26.3 Å². The summed E-state index contributed by atoms with van der Waals surface area (Å²) in [5.74, 6) is 0.412. The standard InChI is InChI=1S/C18H19FO2/c1-3-5-15-10-13(12-20)11-17(21-4-2)18(15)14-6-8-16(19)9-7-14/h6-12H,3-5H2,1-2H3. The molecule has 0 amide bonds. The fraction of sp³-hybridized carbons (Fsp3) is 0.278. The van der Waals surface area contributed by atoms with Crippen LogP contribution in [0.15, 0.2) is 36.4 Å². The number of aryl methyl sites for hydroxylation is 1. The van der Waals surface area contributed by atoms with E-state index in [4.69, 9.17) is 4.74 Å². The average Bonchev–Trinajstić information content (AvgIpc) is 2.49. The highest BCUT2D eigenvalue weighted by atomic mass is 19.1. The Kier molecular flexibility index (Phi) is 5.09. The number of benzene rings is 2. The lowest BCUT2D eigenvalue weighted by molar-refractivity contribution is 0.112. The van der Waals surface area contributed by atoms with Gasteiger partial charge in [0.15, 0.2) is 0 Å². The highest BCUT2D eigenvalue weighted by Gasteiger charge is 2.14. The summed E-state index contributed by atoms with van der Waals surface area (Å²) in [5, 5.41) is 0. The van der Waals surface area contributed by atoms with Crippen molar-refractivity contribution in [3.63, 3.8) is 0 Å². The van der Waals surface area contributed by atoms with Crippen molar-refractivity contribution in [3.8, 4) is 16.9 Å². The summed E-state index contributed by atoms with van der Waals surface area (Å²) in [5.41, 5.74) is 3.51. The van der Waals surface area contributed by atoms with Crippen LogP contribution in [0.1, 0.15) is 36.2 Å². The van der Waals surface area contributed by atoms with Crippen LogP contribution in [-0.4, -0.2) is 12.9 Å². The van der Waals surface area contributed by atoms with Gasteiger partial charge in [-0.25, -0.2) is 4.39 Å². The third-order valence-corrected chi connectivity index (χ3v) is 3.29. The summed E-state index contributed by atoms with van der Waals surface area (Å²) in [6, 6.07) is 9.99. The van der Waals surface area contributed by atoms with Crippen molar-refractivity contribution in [3.05, 3.63) is 53.3 Å². The molecule has 0 aliphatic carbocycles. The molecule has 3 heteroatoms. The van der Waals surface area contributed by atoms with Crippen LogP contribution in [0, 0.1) is 5.82 Å². The molecule has 0 saturated carbocycles. The predicted molar refractivity (Wildman–Crippen MR) is 82.4 cm³/mol. The van der Waals surface area contributed by atoms with Gasteiger partial charge in [-0.1, -0.05) is 25.5 Å². The Hall–Kier alpha value is -2.16. The first-order valence-electron chi connectivity index (χ1n) is 7.20. The Morgan fingerprint density at radius 2 is 1.86 bits per heavy atom. The highest BCUT2D eigenvalue weighted by molar-refractivity contribution is 5.82. The van der Waals surface area contributed by atoms with Gasteiger partial charge in [-0.15, -0.1) is 0 Å². The number of hydrogen-bond donors (Lipinski definition) is 0. The van der Waals surface area contributed by atoms with Gasteiger partial charge in [-0.2, -0.15) is 0 Å². The lowest BCUT2D eigenvalue weighted by Gasteiger charge is -2.16. The number of ether oxygens (including phenoxy) is 1. The maximum absolute atomic E-state index is 13.1. The molecule has 0 saturated heterocycles. The second kappa shape index (κ2) is 7.02. The van der Waals surface area contributed by atoms with Crippen molar-refractivity contribution in [1.82, 2.24) is 0 Å². The first kappa shape index (κ1) is 15.2. The molecule has 0 aromatic heterocycles. The van der Waals surface area contributed by atoms with E-state index >= 15 is 0 Å². The quantitative estimate of drug-likeness (QED) is 0.722.